The second kappa shape index (κ2) is 6.79. The van der Waals surface area contributed by atoms with Crippen molar-refractivity contribution in [2.75, 3.05) is 16.8 Å². The van der Waals surface area contributed by atoms with Crippen LogP contribution in [0.2, 0.25) is 0 Å². The standard InChI is InChI=1S/C18H18N2O2S/c1-13-11-15(5-6-16(13)20-9-2-3-18(20)22)19-17(21)7-4-14-8-10-23-12-14/h4-8,10-12H,2-3,9H2,1H3,(H,19,21)/b7-4+. The Morgan fingerprint density at radius 2 is 2.22 bits per heavy atom. The lowest BCUT2D eigenvalue weighted by atomic mass is 10.1. The maximum Gasteiger partial charge on any atom is 0.248 e. The number of amides is 2. The summed E-state index contributed by atoms with van der Waals surface area (Å²) >= 11 is 1.60. The molecular formula is C18H18N2O2S. The van der Waals surface area contributed by atoms with Crippen molar-refractivity contribution in [1.29, 1.82) is 0 Å². The highest BCUT2D eigenvalue weighted by Crippen LogP contribution is 2.27. The van der Waals surface area contributed by atoms with E-state index < -0.39 is 0 Å². The molecule has 5 heteroatoms. The lowest BCUT2D eigenvalue weighted by Crippen LogP contribution is -2.24. The van der Waals surface area contributed by atoms with Gasteiger partial charge in [-0.1, -0.05) is 0 Å². The quantitative estimate of drug-likeness (QED) is 0.868. The Hall–Kier alpha value is -2.40. The monoisotopic (exact) mass is 326 g/mol. The lowest BCUT2D eigenvalue weighted by molar-refractivity contribution is -0.117. The molecule has 0 spiro atoms. The minimum absolute atomic E-state index is 0.166. The van der Waals surface area contributed by atoms with Gasteiger partial charge in [-0.05, 0) is 65.6 Å². The summed E-state index contributed by atoms with van der Waals surface area (Å²) in [6.07, 6.45) is 4.83. The van der Waals surface area contributed by atoms with E-state index in [-0.39, 0.29) is 11.8 Å². The summed E-state index contributed by atoms with van der Waals surface area (Å²) in [6, 6.07) is 7.60. The van der Waals surface area contributed by atoms with E-state index in [1.807, 2.05) is 46.8 Å². The van der Waals surface area contributed by atoms with Crippen molar-refractivity contribution in [3.05, 3.63) is 52.2 Å². The number of rotatable bonds is 4. The molecule has 23 heavy (non-hydrogen) atoms. The van der Waals surface area contributed by atoms with E-state index in [1.54, 1.807) is 17.4 Å². The molecule has 0 saturated carbocycles. The molecule has 0 bridgehead atoms. The molecule has 1 aromatic heterocycles. The van der Waals surface area contributed by atoms with Gasteiger partial charge in [-0.25, -0.2) is 0 Å². The summed E-state index contributed by atoms with van der Waals surface area (Å²) in [5.74, 6) is 0.00387. The van der Waals surface area contributed by atoms with E-state index in [0.29, 0.717) is 6.42 Å². The Morgan fingerprint density at radius 1 is 1.35 bits per heavy atom. The number of thiophene rings is 1. The summed E-state index contributed by atoms with van der Waals surface area (Å²) < 4.78 is 0. The van der Waals surface area contributed by atoms with E-state index >= 15 is 0 Å². The molecule has 118 valence electrons. The molecule has 2 heterocycles. The van der Waals surface area contributed by atoms with Gasteiger partial charge in [0.1, 0.15) is 0 Å². The molecule has 2 aromatic rings. The van der Waals surface area contributed by atoms with Crippen LogP contribution in [0.25, 0.3) is 6.08 Å². The fourth-order valence-corrected chi connectivity index (χ4v) is 3.29. The Labute approximate surface area is 139 Å². The van der Waals surface area contributed by atoms with Crippen LogP contribution in [0.5, 0.6) is 0 Å². The zero-order valence-electron chi connectivity index (χ0n) is 12.9. The second-order valence-corrected chi connectivity index (χ2v) is 6.31. The number of aryl methyl sites for hydroxylation is 1. The summed E-state index contributed by atoms with van der Waals surface area (Å²) in [4.78, 5) is 25.6. The maximum absolute atomic E-state index is 12.0. The first-order chi connectivity index (χ1) is 11.1. The van der Waals surface area contributed by atoms with Crippen LogP contribution in [0.1, 0.15) is 24.0 Å². The Balaban J connectivity index is 1.68. The maximum atomic E-state index is 12.0. The van der Waals surface area contributed by atoms with Crippen LogP contribution in [0.3, 0.4) is 0 Å². The van der Waals surface area contributed by atoms with Crippen LogP contribution in [-0.2, 0) is 9.59 Å². The molecule has 1 fully saturated rings. The van der Waals surface area contributed by atoms with Crippen molar-refractivity contribution < 1.29 is 9.59 Å². The third-order valence-electron chi connectivity index (χ3n) is 3.80. The molecule has 3 rings (SSSR count). The largest absolute Gasteiger partial charge is 0.323 e. The fourth-order valence-electron chi connectivity index (χ4n) is 2.66. The zero-order valence-corrected chi connectivity index (χ0v) is 13.7. The van der Waals surface area contributed by atoms with Crippen molar-refractivity contribution in [1.82, 2.24) is 0 Å². The Bertz CT molecular complexity index is 750. The Morgan fingerprint density at radius 3 is 2.87 bits per heavy atom. The number of benzene rings is 1. The van der Waals surface area contributed by atoms with E-state index in [4.69, 9.17) is 0 Å². The first-order valence-corrected chi connectivity index (χ1v) is 8.50. The summed E-state index contributed by atoms with van der Waals surface area (Å²) in [5.41, 5.74) is 3.67. The number of anilines is 2. The fraction of sp³-hybridized carbons (Fsp3) is 0.222. The minimum Gasteiger partial charge on any atom is -0.323 e. The second-order valence-electron chi connectivity index (χ2n) is 5.53. The van der Waals surface area contributed by atoms with Crippen LogP contribution < -0.4 is 10.2 Å². The highest BCUT2D eigenvalue weighted by atomic mass is 32.1. The predicted molar refractivity (Wildman–Crippen MR) is 94.7 cm³/mol. The van der Waals surface area contributed by atoms with Crippen molar-refractivity contribution >= 4 is 40.6 Å². The van der Waals surface area contributed by atoms with E-state index in [9.17, 15) is 9.59 Å². The normalized spacial score (nSPS) is 14.7. The number of hydrogen-bond acceptors (Lipinski definition) is 3. The SMILES string of the molecule is Cc1cc(NC(=O)/C=C/c2ccsc2)ccc1N1CCCC1=O. The molecular weight excluding hydrogens is 308 g/mol. The Kier molecular flexibility index (Phi) is 4.57. The summed E-state index contributed by atoms with van der Waals surface area (Å²) in [5, 5.41) is 6.80. The van der Waals surface area contributed by atoms with Crippen LogP contribution >= 0.6 is 11.3 Å². The van der Waals surface area contributed by atoms with Gasteiger partial charge in [0.2, 0.25) is 11.8 Å². The molecule has 0 atom stereocenters. The van der Waals surface area contributed by atoms with Gasteiger partial charge in [-0.15, -0.1) is 0 Å². The summed E-state index contributed by atoms with van der Waals surface area (Å²) in [7, 11) is 0. The van der Waals surface area contributed by atoms with Gasteiger partial charge in [0.05, 0.1) is 0 Å². The molecule has 1 saturated heterocycles. The molecule has 1 aliphatic rings. The predicted octanol–water partition coefficient (Wildman–Crippen LogP) is 3.84. The first kappa shape index (κ1) is 15.5. The van der Waals surface area contributed by atoms with E-state index in [1.165, 1.54) is 6.08 Å². The molecule has 1 N–H and O–H groups in total. The van der Waals surface area contributed by atoms with E-state index in [0.717, 1.165) is 35.5 Å². The van der Waals surface area contributed by atoms with Crippen LogP contribution in [0.15, 0.2) is 41.1 Å². The van der Waals surface area contributed by atoms with Gasteiger partial charge in [0.25, 0.3) is 0 Å². The first-order valence-electron chi connectivity index (χ1n) is 7.56. The number of nitrogens with zero attached hydrogens (tertiary/aromatic N) is 1. The number of hydrogen-bond donors (Lipinski definition) is 1. The molecule has 1 aliphatic heterocycles. The van der Waals surface area contributed by atoms with Gasteiger partial charge >= 0.3 is 0 Å². The van der Waals surface area contributed by atoms with Crippen LogP contribution in [-0.4, -0.2) is 18.4 Å². The highest BCUT2D eigenvalue weighted by Gasteiger charge is 2.22. The molecule has 0 unspecified atom stereocenters. The van der Waals surface area contributed by atoms with Crippen molar-refractivity contribution in [2.45, 2.75) is 19.8 Å². The molecule has 4 nitrogen and oxygen atoms in total. The third-order valence-corrected chi connectivity index (χ3v) is 4.50. The van der Waals surface area contributed by atoms with Crippen LogP contribution in [0.4, 0.5) is 11.4 Å². The van der Waals surface area contributed by atoms with Gasteiger partial charge in [0, 0.05) is 30.4 Å². The molecule has 0 radical (unpaired) electrons. The highest BCUT2D eigenvalue weighted by molar-refractivity contribution is 7.08. The average molecular weight is 326 g/mol. The third kappa shape index (κ3) is 3.68. The van der Waals surface area contributed by atoms with Gasteiger partial charge < -0.3 is 10.2 Å². The van der Waals surface area contributed by atoms with Crippen molar-refractivity contribution in [2.24, 2.45) is 0 Å². The van der Waals surface area contributed by atoms with Gasteiger partial charge in [0.15, 0.2) is 0 Å². The molecule has 2 amide bonds. The minimum atomic E-state index is -0.166. The molecule has 1 aromatic carbocycles. The van der Waals surface area contributed by atoms with Gasteiger partial charge in [-0.2, -0.15) is 11.3 Å². The van der Waals surface area contributed by atoms with E-state index in [2.05, 4.69) is 5.32 Å². The molecule has 0 aliphatic carbocycles. The summed E-state index contributed by atoms with van der Waals surface area (Å²) in [6.45, 7) is 2.73. The average Bonchev–Trinajstić information content (AvgIpc) is 3.17. The van der Waals surface area contributed by atoms with Crippen molar-refractivity contribution in [3.8, 4) is 0 Å². The topological polar surface area (TPSA) is 49.4 Å². The van der Waals surface area contributed by atoms with Gasteiger partial charge in [-0.3, -0.25) is 9.59 Å². The number of carbonyl (C=O) groups excluding carboxylic acids is 2. The van der Waals surface area contributed by atoms with Crippen LogP contribution in [0, 0.1) is 6.92 Å². The zero-order chi connectivity index (χ0) is 16.2. The van der Waals surface area contributed by atoms with Crippen molar-refractivity contribution in [3.63, 3.8) is 0 Å². The lowest BCUT2D eigenvalue weighted by Gasteiger charge is -2.19. The smallest absolute Gasteiger partial charge is 0.248 e. The number of carbonyl (C=O) groups is 2. The number of nitrogens with one attached hydrogen (secondary N) is 1.